The Morgan fingerprint density at radius 2 is 2.07 bits per heavy atom. The normalized spacial score (nSPS) is 12.5. The number of benzene rings is 2. The van der Waals surface area contributed by atoms with Crippen LogP contribution in [0.1, 0.15) is 11.1 Å². The molecule has 0 amide bonds. The molecule has 2 aromatic rings. The van der Waals surface area contributed by atoms with Gasteiger partial charge in [-0.1, -0.05) is 18.2 Å². The predicted octanol–water partition coefficient (Wildman–Crippen LogP) is 2.89. The van der Waals surface area contributed by atoms with E-state index in [2.05, 4.69) is 6.07 Å². The van der Waals surface area contributed by atoms with Crippen molar-refractivity contribution in [3.63, 3.8) is 0 Å². The molecular formula is C13H9O2. The Bertz CT molecular complexity index is 518. The number of phenols is 1. The largest absolute Gasteiger partial charge is 0.508 e. The first kappa shape index (κ1) is 8.36. The number of hydrogen-bond acceptors (Lipinski definition) is 2. The van der Waals surface area contributed by atoms with Gasteiger partial charge in [-0.2, -0.15) is 0 Å². The minimum atomic E-state index is 0.188. The van der Waals surface area contributed by atoms with Crippen molar-refractivity contribution in [2.24, 2.45) is 0 Å². The summed E-state index contributed by atoms with van der Waals surface area (Å²) in [5.41, 5.74) is 2.15. The zero-order valence-corrected chi connectivity index (χ0v) is 8.03. The lowest BCUT2D eigenvalue weighted by Gasteiger charge is -2.19. The maximum Gasteiger partial charge on any atom is 0.135 e. The summed E-state index contributed by atoms with van der Waals surface area (Å²) in [5, 5.41) is 9.32. The van der Waals surface area contributed by atoms with E-state index in [1.54, 1.807) is 12.1 Å². The van der Waals surface area contributed by atoms with E-state index < -0.39 is 0 Å². The smallest absolute Gasteiger partial charge is 0.135 e. The van der Waals surface area contributed by atoms with Crippen LogP contribution in [-0.4, -0.2) is 5.11 Å². The van der Waals surface area contributed by atoms with Crippen molar-refractivity contribution in [2.45, 2.75) is 6.42 Å². The van der Waals surface area contributed by atoms with Gasteiger partial charge in [-0.05, 0) is 23.8 Å². The van der Waals surface area contributed by atoms with Crippen molar-refractivity contribution in [2.75, 3.05) is 0 Å². The highest BCUT2D eigenvalue weighted by atomic mass is 16.5. The third kappa shape index (κ3) is 1.34. The quantitative estimate of drug-likeness (QED) is 0.600. The van der Waals surface area contributed by atoms with Crippen molar-refractivity contribution >= 4 is 0 Å². The minimum Gasteiger partial charge on any atom is -0.508 e. The number of hydrogen-bond donors (Lipinski definition) is 1. The molecule has 2 heteroatoms. The van der Waals surface area contributed by atoms with Crippen molar-refractivity contribution < 1.29 is 9.84 Å². The van der Waals surface area contributed by atoms with E-state index in [0.717, 1.165) is 23.3 Å². The zero-order chi connectivity index (χ0) is 10.3. The van der Waals surface area contributed by atoms with Crippen LogP contribution < -0.4 is 4.74 Å². The van der Waals surface area contributed by atoms with Crippen LogP contribution in [0.4, 0.5) is 0 Å². The Morgan fingerprint density at radius 1 is 1.20 bits per heavy atom. The summed E-state index contributed by atoms with van der Waals surface area (Å²) < 4.78 is 5.67. The highest BCUT2D eigenvalue weighted by Crippen LogP contribution is 2.37. The molecule has 0 unspecified atom stereocenters. The molecule has 0 atom stereocenters. The molecule has 0 saturated carbocycles. The van der Waals surface area contributed by atoms with Crippen LogP contribution in [0.2, 0.25) is 0 Å². The van der Waals surface area contributed by atoms with Gasteiger partial charge < -0.3 is 9.84 Å². The van der Waals surface area contributed by atoms with E-state index in [9.17, 15) is 5.11 Å². The number of ether oxygens (including phenoxy) is 1. The molecule has 1 aliphatic rings. The second-order valence-electron chi connectivity index (χ2n) is 3.59. The maximum absolute atomic E-state index is 9.32. The molecule has 2 aromatic carbocycles. The summed E-state index contributed by atoms with van der Waals surface area (Å²) in [6, 6.07) is 14.1. The molecule has 73 valence electrons. The van der Waals surface area contributed by atoms with Crippen LogP contribution >= 0.6 is 0 Å². The van der Waals surface area contributed by atoms with Crippen LogP contribution in [0.25, 0.3) is 0 Å². The number of rotatable bonds is 0. The molecule has 0 bridgehead atoms. The molecule has 1 aliphatic heterocycles. The summed E-state index contributed by atoms with van der Waals surface area (Å²) in [5.74, 6) is 1.76. The van der Waals surface area contributed by atoms with Crippen LogP contribution in [0.5, 0.6) is 17.2 Å². The topological polar surface area (TPSA) is 29.5 Å². The predicted molar refractivity (Wildman–Crippen MR) is 56.3 cm³/mol. The molecule has 1 heterocycles. The number of para-hydroxylation sites is 1. The fraction of sp³-hybridized carbons (Fsp3) is 0.0769. The fourth-order valence-corrected chi connectivity index (χ4v) is 1.78. The number of fused-ring (bicyclic) bond motifs is 2. The van der Waals surface area contributed by atoms with Crippen molar-refractivity contribution in [3.05, 3.63) is 53.6 Å². The lowest BCUT2D eigenvalue weighted by Crippen LogP contribution is -2.02. The Balaban J connectivity index is 2.11. The number of phenolic OH excluding ortho intramolecular Hbond substituents is 1. The molecule has 0 saturated heterocycles. The monoisotopic (exact) mass is 197 g/mol. The standard InChI is InChI=1S/C13H9O2/c14-11-6-5-10-7-9-3-1-2-4-12(9)15-13(10)8-11/h1-4,6,8,14H,7H2. The molecule has 0 spiro atoms. The van der Waals surface area contributed by atoms with E-state index in [1.165, 1.54) is 0 Å². The molecule has 0 fully saturated rings. The molecule has 1 radical (unpaired) electrons. The zero-order valence-electron chi connectivity index (χ0n) is 8.03. The van der Waals surface area contributed by atoms with Crippen LogP contribution in [0, 0.1) is 6.07 Å². The molecule has 3 rings (SSSR count). The first-order valence-corrected chi connectivity index (χ1v) is 4.82. The lowest BCUT2D eigenvalue weighted by molar-refractivity contribution is 0.442. The lowest BCUT2D eigenvalue weighted by atomic mass is 10.0. The summed E-state index contributed by atoms with van der Waals surface area (Å²) in [4.78, 5) is 0. The molecule has 0 aliphatic carbocycles. The van der Waals surface area contributed by atoms with Crippen molar-refractivity contribution in [1.29, 1.82) is 0 Å². The first-order valence-electron chi connectivity index (χ1n) is 4.82. The summed E-state index contributed by atoms with van der Waals surface area (Å²) in [7, 11) is 0. The van der Waals surface area contributed by atoms with Gasteiger partial charge >= 0.3 is 0 Å². The third-order valence-electron chi connectivity index (χ3n) is 2.53. The minimum absolute atomic E-state index is 0.188. The van der Waals surface area contributed by atoms with Gasteiger partial charge in [0.2, 0.25) is 0 Å². The summed E-state index contributed by atoms with van der Waals surface area (Å²) in [6.07, 6.45) is 0.811. The molecule has 0 aromatic heterocycles. The van der Waals surface area contributed by atoms with E-state index in [1.807, 2.05) is 24.3 Å². The van der Waals surface area contributed by atoms with Gasteiger partial charge in [-0.3, -0.25) is 0 Å². The number of aromatic hydroxyl groups is 1. The Labute approximate surface area is 87.8 Å². The summed E-state index contributed by atoms with van der Waals surface area (Å²) in [6.45, 7) is 0. The van der Waals surface area contributed by atoms with Crippen LogP contribution in [-0.2, 0) is 6.42 Å². The summed E-state index contributed by atoms with van der Waals surface area (Å²) >= 11 is 0. The molecule has 1 N–H and O–H groups in total. The van der Waals surface area contributed by atoms with Crippen molar-refractivity contribution in [1.82, 2.24) is 0 Å². The van der Waals surface area contributed by atoms with Gasteiger partial charge in [0.05, 0.1) is 0 Å². The van der Waals surface area contributed by atoms with Gasteiger partial charge in [-0.15, -0.1) is 0 Å². The molecule has 2 nitrogen and oxygen atoms in total. The third-order valence-corrected chi connectivity index (χ3v) is 2.53. The Morgan fingerprint density at radius 3 is 3.00 bits per heavy atom. The fourth-order valence-electron chi connectivity index (χ4n) is 1.78. The van der Waals surface area contributed by atoms with Gasteiger partial charge in [0, 0.05) is 18.1 Å². The highest BCUT2D eigenvalue weighted by Gasteiger charge is 2.16. The average molecular weight is 197 g/mol. The van der Waals surface area contributed by atoms with Gasteiger partial charge in [0.1, 0.15) is 17.2 Å². The SMILES string of the molecule is Oc1c[c]c2c(c1)Oc1ccccc1C2. The average Bonchev–Trinajstić information content (AvgIpc) is 2.26. The maximum atomic E-state index is 9.32. The Hall–Kier alpha value is -1.96. The van der Waals surface area contributed by atoms with Gasteiger partial charge in [0.15, 0.2) is 0 Å². The van der Waals surface area contributed by atoms with Gasteiger partial charge in [-0.25, -0.2) is 0 Å². The molecule has 15 heavy (non-hydrogen) atoms. The van der Waals surface area contributed by atoms with Gasteiger partial charge in [0.25, 0.3) is 0 Å². The highest BCUT2D eigenvalue weighted by molar-refractivity contribution is 5.51. The second-order valence-corrected chi connectivity index (χ2v) is 3.59. The van der Waals surface area contributed by atoms with E-state index >= 15 is 0 Å². The van der Waals surface area contributed by atoms with Crippen molar-refractivity contribution in [3.8, 4) is 17.2 Å². The van der Waals surface area contributed by atoms with E-state index in [0.29, 0.717) is 5.75 Å². The van der Waals surface area contributed by atoms with Crippen LogP contribution in [0.15, 0.2) is 36.4 Å². The van der Waals surface area contributed by atoms with E-state index in [-0.39, 0.29) is 5.75 Å². The van der Waals surface area contributed by atoms with E-state index in [4.69, 9.17) is 4.74 Å². The first-order chi connectivity index (χ1) is 7.33. The second kappa shape index (κ2) is 3.02. The van der Waals surface area contributed by atoms with Crippen LogP contribution in [0.3, 0.4) is 0 Å². The Kier molecular flexibility index (Phi) is 1.68. The molecular weight excluding hydrogens is 188 g/mol.